The molecule has 1 aliphatic rings. The molecule has 21 heavy (non-hydrogen) atoms. The molecule has 0 bridgehead atoms. The predicted octanol–water partition coefficient (Wildman–Crippen LogP) is 1.26. The van der Waals surface area contributed by atoms with Crippen LogP contribution >= 0.6 is 0 Å². The van der Waals surface area contributed by atoms with E-state index in [0.29, 0.717) is 11.3 Å². The van der Waals surface area contributed by atoms with Gasteiger partial charge in [0, 0.05) is 44.3 Å². The molecule has 0 aliphatic carbocycles. The van der Waals surface area contributed by atoms with E-state index in [4.69, 9.17) is 5.73 Å². The average Bonchev–Trinajstić information content (AvgIpc) is 2.56. The van der Waals surface area contributed by atoms with Crippen molar-refractivity contribution in [2.24, 2.45) is 0 Å². The van der Waals surface area contributed by atoms with E-state index in [0.717, 1.165) is 37.8 Å². The lowest BCUT2D eigenvalue weighted by molar-refractivity contribution is 0.639. The van der Waals surface area contributed by atoms with Crippen molar-refractivity contribution in [1.82, 2.24) is 9.97 Å². The van der Waals surface area contributed by atoms with Gasteiger partial charge in [0.15, 0.2) is 0 Å². The molecule has 0 unspecified atom stereocenters. The maximum atomic E-state index is 9.24. The second-order valence-electron chi connectivity index (χ2n) is 4.91. The smallest absolute Gasteiger partial charge is 0.225 e. The molecule has 0 spiro atoms. The van der Waals surface area contributed by atoms with Crippen LogP contribution in [0, 0.1) is 11.3 Å². The largest absolute Gasteiger partial charge is 0.399 e. The van der Waals surface area contributed by atoms with Crippen LogP contribution in [0.15, 0.2) is 36.7 Å². The molecule has 106 valence electrons. The highest BCUT2D eigenvalue weighted by molar-refractivity contribution is 5.64. The number of hydrogen-bond acceptors (Lipinski definition) is 6. The summed E-state index contributed by atoms with van der Waals surface area (Å²) in [5.74, 6) is 0.759. The minimum atomic E-state index is 0.617. The third-order valence-corrected chi connectivity index (χ3v) is 3.60. The van der Waals surface area contributed by atoms with Crippen molar-refractivity contribution in [3.8, 4) is 6.07 Å². The lowest BCUT2D eigenvalue weighted by atomic mass is 10.1. The quantitative estimate of drug-likeness (QED) is 0.834. The van der Waals surface area contributed by atoms with Crippen LogP contribution in [0.3, 0.4) is 0 Å². The number of hydrogen-bond donors (Lipinski definition) is 1. The average molecular weight is 280 g/mol. The van der Waals surface area contributed by atoms with E-state index < -0.39 is 0 Å². The Kier molecular flexibility index (Phi) is 3.56. The molecular formula is C15H16N6. The van der Waals surface area contributed by atoms with Gasteiger partial charge in [-0.15, -0.1) is 0 Å². The number of benzene rings is 1. The summed E-state index contributed by atoms with van der Waals surface area (Å²) in [6.07, 6.45) is 3.50. The van der Waals surface area contributed by atoms with Gasteiger partial charge in [0.05, 0.1) is 11.3 Å². The molecule has 1 fully saturated rings. The minimum Gasteiger partial charge on any atom is -0.399 e. The zero-order chi connectivity index (χ0) is 14.7. The Morgan fingerprint density at radius 3 is 2.38 bits per heavy atom. The van der Waals surface area contributed by atoms with Crippen LogP contribution in [0.4, 0.5) is 17.3 Å². The van der Waals surface area contributed by atoms with E-state index in [1.807, 2.05) is 18.2 Å². The number of nitrogens with zero attached hydrogens (tertiary/aromatic N) is 5. The monoisotopic (exact) mass is 280 g/mol. The Morgan fingerprint density at radius 2 is 1.71 bits per heavy atom. The van der Waals surface area contributed by atoms with Gasteiger partial charge in [-0.2, -0.15) is 5.26 Å². The molecule has 2 heterocycles. The second-order valence-corrected chi connectivity index (χ2v) is 4.91. The van der Waals surface area contributed by atoms with Gasteiger partial charge in [0.2, 0.25) is 5.95 Å². The van der Waals surface area contributed by atoms with E-state index in [-0.39, 0.29) is 0 Å². The van der Waals surface area contributed by atoms with Crippen LogP contribution in [0.2, 0.25) is 0 Å². The Balaban J connectivity index is 1.73. The fraction of sp³-hybridized carbons (Fsp3) is 0.267. The van der Waals surface area contributed by atoms with Crippen LogP contribution < -0.4 is 15.5 Å². The van der Waals surface area contributed by atoms with Gasteiger partial charge in [0.25, 0.3) is 0 Å². The molecule has 6 heteroatoms. The summed E-state index contributed by atoms with van der Waals surface area (Å²) < 4.78 is 0. The Morgan fingerprint density at radius 1 is 1.05 bits per heavy atom. The summed E-state index contributed by atoms with van der Waals surface area (Å²) in [6, 6.07) is 9.51. The summed E-state index contributed by atoms with van der Waals surface area (Å²) in [5, 5.41) is 9.24. The van der Waals surface area contributed by atoms with E-state index in [1.54, 1.807) is 18.5 Å². The molecule has 3 rings (SSSR count). The van der Waals surface area contributed by atoms with Crippen molar-refractivity contribution < 1.29 is 0 Å². The standard InChI is InChI=1S/C15H16N6/c16-11-12-10-13(17)2-3-14(12)20-6-8-21(9-7-20)15-18-4-1-5-19-15/h1-5,10H,6-9,17H2. The fourth-order valence-electron chi connectivity index (χ4n) is 2.52. The normalized spacial score (nSPS) is 14.8. The van der Waals surface area contributed by atoms with Crippen LogP contribution in [-0.4, -0.2) is 36.1 Å². The molecule has 0 amide bonds. The minimum absolute atomic E-state index is 0.617. The maximum absolute atomic E-state index is 9.24. The molecule has 6 nitrogen and oxygen atoms in total. The molecule has 0 atom stereocenters. The van der Waals surface area contributed by atoms with Gasteiger partial charge in [-0.3, -0.25) is 0 Å². The summed E-state index contributed by atoms with van der Waals surface area (Å²) >= 11 is 0. The van der Waals surface area contributed by atoms with Gasteiger partial charge < -0.3 is 15.5 Å². The zero-order valence-corrected chi connectivity index (χ0v) is 11.6. The van der Waals surface area contributed by atoms with E-state index in [9.17, 15) is 5.26 Å². The molecule has 1 aromatic heterocycles. The third kappa shape index (κ3) is 2.72. The van der Waals surface area contributed by atoms with E-state index >= 15 is 0 Å². The summed E-state index contributed by atoms with van der Waals surface area (Å²) in [6.45, 7) is 3.33. The number of nitrogens with two attached hydrogens (primary N) is 1. The topological polar surface area (TPSA) is 82.1 Å². The number of nitriles is 1. The van der Waals surface area contributed by atoms with Gasteiger partial charge in [-0.25, -0.2) is 9.97 Å². The fourth-order valence-corrected chi connectivity index (χ4v) is 2.52. The predicted molar refractivity (Wildman–Crippen MR) is 82.0 cm³/mol. The van der Waals surface area contributed by atoms with Crippen LogP contribution in [0.5, 0.6) is 0 Å². The molecular weight excluding hydrogens is 264 g/mol. The molecule has 2 aromatic rings. The number of piperazine rings is 1. The zero-order valence-electron chi connectivity index (χ0n) is 11.6. The van der Waals surface area contributed by atoms with Crippen LogP contribution in [-0.2, 0) is 0 Å². The van der Waals surface area contributed by atoms with Crippen LogP contribution in [0.25, 0.3) is 0 Å². The van der Waals surface area contributed by atoms with Gasteiger partial charge in [0.1, 0.15) is 6.07 Å². The van der Waals surface area contributed by atoms with E-state index in [1.165, 1.54) is 0 Å². The van der Waals surface area contributed by atoms with Crippen LogP contribution in [0.1, 0.15) is 5.56 Å². The van der Waals surface area contributed by atoms with Crippen molar-refractivity contribution >= 4 is 17.3 Å². The van der Waals surface area contributed by atoms with Gasteiger partial charge in [-0.1, -0.05) is 0 Å². The lowest BCUT2D eigenvalue weighted by Crippen LogP contribution is -2.47. The number of nitrogen functional groups attached to an aromatic ring is 1. The summed E-state index contributed by atoms with van der Waals surface area (Å²) in [4.78, 5) is 12.9. The SMILES string of the molecule is N#Cc1cc(N)ccc1N1CCN(c2ncccn2)CC1. The first-order chi connectivity index (χ1) is 10.3. The van der Waals surface area contributed by atoms with Gasteiger partial charge in [-0.05, 0) is 24.3 Å². The molecule has 1 aliphatic heterocycles. The Bertz CT molecular complexity index is 656. The second kappa shape index (κ2) is 5.67. The first kappa shape index (κ1) is 13.2. The Labute approximate surface area is 123 Å². The number of rotatable bonds is 2. The Hall–Kier alpha value is -2.81. The highest BCUT2D eigenvalue weighted by Crippen LogP contribution is 2.24. The highest BCUT2D eigenvalue weighted by Gasteiger charge is 2.20. The molecule has 2 N–H and O–H groups in total. The number of aromatic nitrogens is 2. The molecule has 1 aromatic carbocycles. The summed E-state index contributed by atoms with van der Waals surface area (Å²) in [5.41, 5.74) is 7.92. The first-order valence-electron chi connectivity index (χ1n) is 6.84. The lowest BCUT2D eigenvalue weighted by Gasteiger charge is -2.36. The van der Waals surface area contributed by atoms with Crippen molar-refractivity contribution in [1.29, 1.82) is 5.26 Å². The highest BCUT2D eigenvalue weighted by atomic mass is 15.3. The molecule has 1 saturated heterocycles. The van der Waals surface area contributed by atoms with Crippen molar-refractivity contribution in [3.05, 3.63) is 42.2 Å². The number of anilines is 3. The van der Waals surface area contributed by atoms with Crippen molar-refractivity contribution in [3.63, 3.8) is 0 Å². The first-order valence-corrected chi connectivity index (χ1v) is 6.84. The summed E-state index contributed by atoms with van der Waals surface area (Å²) in [7, 11) is 0. The third-order valence-electron chi connectivity index (χ3n) is 3.60. The van der Waals surface area contributed by atoms with Crippen molar-refractivity contribution in [2.45, 2.75) is 0 Å². The maximum Gasteiger partial charge on any atom is 0.225 e. The van der Waals surface area contributed by atoms with E-state index in [2.05, 4.69) is 25.8 Å². The van der Waals surface area contributed by atoms with Gasteiger partial charge >= 0.3 is 0 Å². The van der Waals surface area contributed by atoms with Crippen molar-refractivity contribution in [2.75, 3.05) is 41.7 Å². The molecule has 0 saturated carbocycles. The molecule has 0 radical (unpaired) electrons.